The van der Waals surface area contributed by atoms with Gasteiger partial charge in [0.2, 0.25) is 0 Å². The van der Waals surface area contributed by atoms with E-state index in [9.17, 15) is 0 Å². The van der Waals surface area contributed by atoms with Crippen LogP contribution in [0.5, 0.6) is 0 Å². The minimum Gasteiger partial charge on any atom is -0.309 e. The first-order valence-electron chi connectivity index (χ1n) is 18.6. The summed E-state index contributed by atoms with van der Waals surface area (Å²) in [5, 5.41) is 5.10. The Hall–Kier alpha value is -5.86. The average molecular weight is 671 g/mol. The lowest BCUT2D eigenvalue weighted by Gasteiger charge is -2.42. The van der Waals surface area contributed by atoms with Crippen molar-refractivity contribution in [2.24, 2.45) is 0 Å². The highest BCUT2D eigenvalue weighted by Crippen LogP contribution is 2.47. The molecule has 9 aromatic rings. The van der Waals surface area contributed by atoms with Gasteiger partial charge in [-0.25, -0.2) is 0 Å². The van der Waals surface area contributed by atoms with E-state index in [1.54, 1.807) is 0 Å². The summed E-state index contributed by atoms with van der Waals surface area (Å²) < 4.78 is 4.89. The first-order valence-corrected chi connectivity index (χ1v) is 18.6. The Kier molecular flexibility index (Phi) is 6.73. The van der Waals surface area contributed by atoms with Gasteiger partial charge >= 0.3 is 0 Å². The van der Waals surface area contributed by atoms with Crippen molar-refractivity contribution >= 4 is 43.6 Å². The minimum atomic E-state index is 0.152. The third-order valence-corrected chi connectivity index (χ3v) is 12.0. The molecule has 0 saturated heterocycles. The molecule has 2 aromatic heterocycles. The highest BCUT2D eigenvalue weighted by atomic mass is 15.0. The van der Waals surface area contributed by atoms with Gasteiger partial charge in [0.05, 0.1) is 22.1 Å². The quantitative estimate of drug-likeness (QED) is 0.176. The summed E-state index contributed by atoms with van der Waals surface area (Å²) in [6, 6.07) is 58.5. The van der Waals surface area contributed by atoms with Gasteiger partial charge in [-0.2, -0.15) is 0 Å². The summed E-state index contributed by atoms with van der Waals surface area (Å²) in [6.07, 6.45) is 2.42. The van der Waals surface area contributed by atoms with E-state index in [2.05, 4.69) is 195 Å². The van der Waals surface area contributed by atoms with Gasteiger partial charge in [-0.05, 0) is 118 Å². The van der Waals surface area contributed by atoms with E-state index < -0.39 is 0 Å². The van der Waals surface area contributed by atoms with Crippen molar-refractivity contribution in [2.75, 3.05) is 0 Å². The zero-order valence-electron chi connectivity index (χ0n) is 30.3. The fraction of sp³-hybridized carbons (Fsp3) is 0.160. The molecule has 7 aromatic carbocycles. The van der Waals surface area contributed by atoms with Gasteiger partial charge in [-0.1, -0.05) is 125 Å². The van der Waals surface area contributed by atoms with Crippen molar-refractivity contribution in [3.8, 4) is 33.6 Å². The maximum Gasteiger partial charge on any atom is 0.0541 e. The lowest BCUT2D eigenvalue weighted by molar-refractivity contribution is 0.332. The van der Waals surface area contributed by atoms with E-state index >= 15 is 0 Å². The number of hydrogen-bond acceptors (Lipinski definition) is 0. The molecular weight excluding hydrogens is 629 g/mol. The van der Waals surface area contributed by atoms with E-state index in [4.69, 9.17) is 0 Å². The zero-order chi connectivity index (χ0) is 35.2. The Labute approximate surface area is 305 Å². The molecule has 2 nitrogen and oxygen atoms in total. The summed E-state index contributed by atoms with van der Waals surface area (Å²) in [6.45, 7) is 9.64. The minimum absolute atomic E-state index is 0.152. The number of nitrogens with zero attached hydrogens (tertiary/aromatic N) is 2. The monoisotopic (exact) mass is 670 g/mol. The van der Waals surface area contributed by atoms with Crippen molar-refractivity contribution in [1.82, 2.24) is 9.13 Å². The molecular formula is C50H42N2. The molecule has 0 amide bonds. The predicted molar refractivity (Wildman–Crippen MR) is 221 cm³/mol. The van der Waals surface area contributed by atoms with E-state index in [-0.39, 0.29) is 10.8 Å². The average Bonchev–Trinajstić information content (AvgIpc) is 3.69. The number of fused-ring (bicyclic) bond motifs is 7. The second-order valence-corrected chi connectivity index (χ2v) is 16.1. The van der Waals surface area contributed by atoms with Gasteiger partial charge in [0.15, 0.2) is 0 Å². The normalized spacial score (nSPS) is 15.1. The molecule has 10 rings (SSSR count). The van der Waals surface area contributed by atoms with Gasteiger partial charge in [0.1, 0.15) is 0 Å². The largest absolute Gasteiger partial charge is 0.309 e. The summed E-state index contributed by atoms with van der Waals surface area (Å²) in [5.74, 6) is 0. The van der Waals surface area contributed by atoms with Gasteiger partial charge < -0.3 is 9.13 Å². The van der Waals surface area contributed by atoms with Gasteiger partial charge in [-0.3, -0.25) is 0 Å². The van der Waals surface area contributed by atoms with Crippen LogP contribution in [0.1, 0.15) is 51.7 Å². The molecule has 0 atom stereocenters. The fourth-order valence-electron chi connectivity index (χ4n) is 9.03. The first-order chi connectivity index (χ1) is 25.3. The molecule has 0 unspecified atom stereocenters. The van der Waals surface area contributed by atoms with Crippen LogP contribution in [0.3, 0.4) is 0 Å². The molecule has 52 heavy (non-hydrogen) atoms. The van der Waals surface area contributed by atoms with Crippen LogP contribution in [-0.4, -0.2) is 9.13 Å². The Morgan fingerprint density at radius 3 is 1.44 bits per heavy atom. The maximum absolute atomic E-state index is 2.48. The smallest absolute Gasteiger partial charge is 0.0541 e. The molecule has 0 bridgehead atoms. The third-order valence-electron chi connectivity index (χ3n) is 12.0. The summed E-state index contributed by atoms with van der Waals surface area (Å²) >= 11 is 0. The van der Waals surface area contributed by atoms with E-state index in [0.717, 1.165) is 0 Å². The van der Waals surface area contributed by atoms with Crippen LogP contribution in [0.4, 0.5) is 0 Å². The van der Waals surface area contributed by atoms with Crippen molar-refractivity contribution < 1.29 is 0 Å². The van der Waals surface area contributed by atoms with Crippen LogP contribution in [0, 0.1) is 0 Å². The first kappa shape index (κ1) is 30.9. The number of para-hydroxylation sites is 2. The van der Waals surface area contributed by atoms with E-state index in [0.29, 0.717) is 0 Å². The second kappa shape index (κ2) is 11.3. The van der Waals surface area contributed by atoms with Crippen molar-refractivity contribution in [3.05, 3.63) is 169 Å². The second-order valence-electron chi connectivity index (χ2n) is 16.1. The van der Waals surface area contributed by atoms with Gasteiger partial charge in [0, 0.05) is 32.9 Å². The number of benzene rings is 7. The molecule has 1 aliphatic rings. The molecule has 1 aliphatic carbocycles. The molecule has 2 heterocycles. The van der Waals surface area contributed by atoms with Crippen LogP contribution in [-0.2, 0) is 10.8 Å². The van der Waals surface area contributed by atoms with Crippen LogP contribution >= 0.6 is 0 Å². The van der Waals surface area contributed by atoms with Crippen LogP contribution in [0.2, 0.25) is 0 Å². The van der Waals surface area contributed by atoms with Crippen LogP contribution < -0.4 is 0 Å². The molecule has 252 valence electrons. The number of aromatic nitrogens is 2. The van der Waals surface area contributed by atoms with Crippen LogP contribution in [0.15, 0.2) is 158 Å². The molecule has 0 fully saturated rings. The highest BCUT2D eigenvalue weighted by Gasteiger charge is 2.37. The lowest BCUT2D eigenvalue weighted by Crippen LogP contribution is -2.33. The Morgan fingerprint density at radius 2 is 0.827 bits per heavy atom. The Bertz CT molecular complexity index is 2840. The summed E-state index contributed by atoms with van der Waals surface area (Å²) in [4.78, 5) is 0. The van der Waals surface area contributed by atoms with E-state index in [1.165, 1.54) is 101 Å². The number of hydrogen-bond donors (Lipinski definition) is 0. The molecule has 0 aliphatic heterocycles. The highest BCUT2D eigenvalue weighted by molar-refractivity contribution is 6.12. The lowest BCUT2D eigenvalue weighted by atomic mass is 9.63. The van der Waals surface area contributed by atoms with Crippen molar-refractivity contribution in [1.29, 1.82) is 0 Å². The third kappa shape index (κ3) is 4.70. The summed E-state index contributed by atoms with van der Waals surface area (Å²) in [5.41, 5.74) is 15.6. The fourth-order valence-corrected chi connectivity index (χ4v) is 9.03. The molecule has 0 saturated carbocycles. The Morgan fingerprint density at radius 1 is 0.346 bits per heavy atom. The Balaban J connectivity index is 1.12. The van der Waals surface area contributed by atoms with E-state index in [1.807, 2.05) is 0 Å². The number of rotatable bonds is 4. The topological polar surface area (TPSA) is 9.86 Å². The van der Waals surface area contributed by atoms with Crippen molar-refractivity contribution in [2.45, 2.75) is 51.4 Å². The van der Waals surface area contributed by atoms with Crippen molar-refractivity contribution in [3.63, 3.8) is 0 Å². The molecule has 0 spiro atoms. The van der Waals surface area contributed by atoms with Crippen LogP contribution in [0.25, 0.3) is 77.2 Å². The summed E-state index contributed by atoms with van der Waals surface area (Å²) in [7, 11) is 0. The maximum atomic E-state index is 2.48. The van der Waals surface area contributed by atoms with Gasteiger partial charge in [-0.15, -0.1) is 0 Å². The standard InChI is InChI=1S/C50H42N2/c1-49(2)27-28-50(3,4)44-32-38(23-24-43(44)49)52-46-20-11-9-18-40(46)42-31-36(22-26-48(42)52)35-21-25-47-41(30-35)39-17-8-10-19-45(39)51(47)37-16-12-15-34(29-37)33-13-6-5-7-14-33/h5-26,29-32H,27-28H2,1-4H3. The molecule has 0 radical (unpaired) electrons. The predicted octanol–water partition coefficient (Wildman–Crippen LogP) is 13.6. The van der Waals surface area contributed by atoms with Gasteiger partial charge in [0.25, 0.3) is 0 Å². The molecule has 0 N–H and O–H groups in total. The SMILES string of the molecule is CC1(C)CCC(C)(C)c2cc(-n3c4ccccc4c4cc(-c5ccc6c(c5)c5ccccc5n6-c5cccc(-c6ccccc6)c5)ccc43)ccc21. The molecule has 2 heteroatoms. The zero-order valence-corrected chi connectivity index (χ0v) is 30.3.